The summed E-state index contributed by atoms with van der Waals surface area (Å²) in [6, 6.07) is 21.2. The fraction of sp³-hybridized carbons (Fsp3) is 0.286. The van der Waals surface area contributed by atoms with Gasteiger partial charge in [0.1, 0.15) is 0 Å². The molecule has 5 nitrogen and oxygen atoms in total. The number of aryl methyl sites for hydroxylation is 1. The van der Waals surface area contributed by atoms with Gasteiger partial charge in [0, 0.05) is 46.2 Å². The average Bonchev–Trinajstić information content (AvgIpc) is 3.67. The van der Waals surface area contributed by atoms with Crippen molar-refractivity contribution in [3.05, 3.63) is 94.0 Å². The van der Waals surface area contributed by atoms with Crippen molar-refractivity contribution >= 4 is 34.8 Å². The third-order valence-electron chi connectivity index (χ3n) is 6.57. The number of anilines is 2. The highest BCUT2D eigenvalue weighted by Gasteiger charge is 2.31. The predicted octanol–water partition coefficient (Wildman–Crippen LogP) is 6.13. The summed E-state index contributed by atoms with van der Waals surface area (Å²) < 4.78 is 0. The van der Waals surface area contributed by atoms with Gasteiger partial charge in [-0.3, -0.25) is 9.59 Å². The van der Waals surface area contributed by atoms with Crippen molar-refractivity contribution in [2.45, 2.75) is 44.7 Å². The normalized spacial score (nSPS) is 17.6. The van der Waals surface area contributed by atoms with E-state index in [0.717, 1.165) is 29.7 Å². The molecule has 6 heteroatoms. The Balaban J connectivity index is 1.35. The maximum atomic E-state index is 13.5. The van der Waals surface area contributed by atoms with Crippen LogP contribution in [0.25, 0.3) is 0 Å². The van der Waals surface area contributed by atoms with E-state index in [1.165, 1.54) is 12.8 Å². The summed E-state index contributed by atoms with van der Waals surface area (Å²) in [5, 5.41) is 7.33. The third-order valence-corrected chi connectivity index (χ3v) is 6.80. The SMILES string of the molecule is Cc1ccccc1C(=O)Nc1ccc(C(=O)N2CCCC(NC3CC3)c3cc(Cl)ccc32)cc1. The Morgan fingerprint density at radius 2 is 1.74 bits per heavy atom. The van der Waals surface area contributed by atoms with Crippen molar-refractivity contribution in [1.82, 2.24) is 5.32 Å². The Labute approximate surface area is 205 Å². The molecule has 0 radical (unpaired) electrons. The zero-order valence-corrected chi connectivity index (χ0v) is 19.9. The van der Waals surface area contributed by atoms with Crippen LogP contribution in [-0.2, 0) is 0 Å². The summed E-state index contributed by atoms with van der Waals surface area (Å²) in [5.41, 5.74) is 4.80. The molecular formula is C28H28ClN3O2. The number of fused-ring (bicyclic) bond motifs is 1. The molecule has 34 heavy (non-hydrogen) atoms. The number of halogens is 1. The lowest BCUT2D eigenvalue weighted by Crippen LogP contribution is -2.32. The predicted molar refractivity (Wildman–Crippen MR) is 137 cm³/mol. The van der Waals surface area contributed by atoms with Gasteiger partial charge < -0.3 is 15.5 Å². The molecule has 0 bridgehead atoms. The molecule has 3 aromatic carbocycles. The second kappa shape index (κ2) is 9.61. The van der Waals surface area contributed by atoms with Gasteiger partial charge in [0.05, 0.1) is 0 Å². The first-order valence-corrected chi connectivity index (χ1v) is 12.2. The van der Waals surface area contributed by atoms with E-state index in [0.29, 0.717) is 34.4 Å². The van der Waals surface area contributed by atoms with Gasteiger partial charge in [-0.15, -0.1) is 0 Å². The molecule has 0 aromatic heterocycles. The molecule has 174 valence electrons. The van der Waals surface area contributed by atoms with Gasteiger partial charge in [0.2, 0.25) is 0 Å². The molecule has 1 aliphatic heterocycles. The van der Waals surface area contributed by atoms with E-state index >= 15 is 0 Å². The minimum absolute atomic E-state index is 0.0487. The molecule has 0 saturated heterocycles. The van der Waals surface area contributed by atoms with E-state index < -0.39 is 0 Å². The number of nitrogens with zero attached hydrogens (tertiary/aromatic N) is 1. The molecule has 1 heterocycles. The van der Waals surface area contributed by atoms with Crippen molar-refractivity contribution in [3.63, 3.8) is 0 Å². The highest BCUT2D eigenvalue weighted by Crippen LogP contribution is 2.37. The summed E-state index contributed by atoms with van der Waals surface area (Å²) in [6.45, 7) is 2.57. The maximum Gasteiger partial charge on any atom is 0.258 e. The second-order valence-corrected chi connectivity index (χ2v) is 9.58. The molecule has 2 N–H and O–H groups in total. The minimum Gasteiger partial charge on any atom is -0.322 e. The number of hydrogen-bond acceptors (Lipinski definition) is 3. The van der Waals surface area contributed by atoms with Gasteiger partial charge >= 0.3 is 0 Å². The van der Waals surface area contributed by atoms with Gasteiger partial charge in [-0.25, -0.2) is 0 Å². The summed E-state index contributed by atoms with van der Waals surface area (Å²) in [7, 11) is 0. The van der Waals surface area contributed by atoms with Gasteiger partial charge in [-0.2, -0.15) is 0 Å². The fourth-order valence-electron chi connectivity index (χ4n) is 4.58. The van der Waals surface area contributed by atoms with E-state index in [1.54, 1.807) is 30.3 Å². The van der Waals surface area contributed by atoms with Crippen molar-refractivity contribution < 1.29 is 9.59 Å². The Hall–Kier alpha value is -3.15. The van der Waals surface area contributed by atoms with E-state index in [9.17, 15) is 9.59 Å². The number of nitrogens with one attached hydrogen (secondary N) is 2. The zero-order valence-electron chi connectivity index (χ0n) is 19.2. The van der Waals surface area contributed by atoms with Crippen LogP contribution in [0.2, 0.25) is 5.02 Å². The first-order chi connectivity index (χ1) is 16.5. The van der Waals surface area contributed by atoms with Crippen LogP contribution in [0.5, 0.6) is 0 Å². The number of carbonyl (C=O) groups excluding carboxylic acids is 2. The Kier molecular flexibility index (Phi) is 6.40. The molecular weight excluding hydrogens is 446 g/mol. The molecule has 0 spiro atoms. The quantitative estimate of drug-likeness (QED) is 0.468. The molecule has 1 aliphatic carbocycles. The highest BCUT2D eigenvalue weighted by molar-refractivity contribution is 6.30. The number of rotatable bonds is 5. The van der Waals surface area contributed by atoms with Gasteiger partial charge in [0.25, 0.3) is 11.8 Å². The van der Waals surface area contributed by atoms with Crippen LogP contribution in [-0.4, -0.2) is 24.4 Å². The first-order valence-electron chi connectivity index (χ1n) is 11.8. The Bertz CT molecular complexity index is 1220. The van der Waals surface area contributed by atoms with Crippen LogP contribution >= 0.6 is 11.6 Å². The topological polar surface area (TPSA) is 61.4 Å². The van der Waals surface area contributed by atoms with E-state index in [-0.39, 0.29) is 17.9 Å². The van der Waals surface area contributed by atoms with Crippen LogP contribution in [0.3, 0.4) is 0 Å². The summed E-state index contributed by atoms with van der Waals surface area (Å²) in [5.74, 6) is -0.211. The number of hydrogen-bond donors (Lipinski definition) is 2. The second-order valence-electron chi connectivity index (χ2n) is 9.14. The lowest BCUT2D eigenvalue weighted by atomic mass is 10.0. The average molecular weight is 474 g/mol. The van der Waals surface area contributed by atoms with Crippen LogP contribution < -0.4 is 15.5 Å². The standard InChI is InChI=1S/C28H28ClN3O2/c1-18-5-2-3-6-23(18)27(33)31-22-11-8-19(9-12-22)28(34)32-16-4-7-25(30-21-13-14-21)24-17-20(29)10-15-26(24)32/h2-3,5-6,8-12,15,17,21,25,30H,4,7,13-14,16H2,1H3,(H,31,33). The molecule has 5 rings (SSSR count). The van der Waals surface area contributed by atoms with Crippen molar-refractivity contribution in [2.24, 2.45) is 0 Å². The van der Waals surface area contributed by atoms with Gasteiger partial charge in [0.15, 0.2) is 0 Å². The van der Waals surface area contributed by atoms with Crippen LogP contribution in [0.15, 0.2) is 66.7 Å². The Morgan fingerprint density at radius 1 is 0.971 bits per heavy atom. The fourth-order valence-corrected chi connectivity index (χ4v) is 4.76. The van der Waals surface area contributed by atoms with Crippen LogP contribution in [0.1, 0.15) is 63.6 Å². The van der Waals surface area contributed by atoms with Crippen molar-refractivity contribution in [2.75, 3.05) is 16.8 Å². The third kappa shape index (κ3) is 4.86. The largest absolute Gasteiger partial charge is 0.322 e. The lowest BCUT2D eigenvalue weighted by molar-refractivity contribution is 0.0985. The number of amides is 2. The molecule has 2 amide bonds. The lowest BCUT2D eigenvalue weighted by Gasteiger charge is -2.25. The summed E-state index contributed by atoms with van der Waals surface area (Å²) in [6.07, 6.45) is 4.30. The van der Waals surface area contributed by atoms with Crippen LogP contribution in [0, 0.1) is 6.92 Å². The van der Waals surface area contributed by atoms with E-state index in [1.807, 2.05) is 48.2 Å². The Morgan fingerprint density at radius 3 is 2.47 bits per heavy atom. The molecule has 1 unspecified atom stereocenters. The highest BCUT2D eigenvalue weighted by atomic mass is 35.5. The molecule has 1 atom stereocenters. The molecule has 2 aliphatic rings. The number of benzene rings is 3. The van der Waals surface area contributed by atoms with Crippen molar-refractivity contribution in [1.29, 1.82) is 0 Å². The zero-order chi connectivity index (χ0) is 23.7. The first kappa shape index (κ1) is 22.6. The number of carbonyl (C=O) groups is 2. The van der Waals surface area contributed by atoms with Crippen molar-refractivity contribution in [3.8, 4) is 0 Å². The summed E-state index contributed by atoms with van der Waals surface area (Å²) >= 11 is 6.34. The molecule has 3 aromatic rings. The smallest absolute Gasteiger partial charge is 0.258 e. The maximum absolute atomic E-state index is 13.5. The van der Waals surface area contributed by atoms with Gasteiger partial charge in [-0.05, 0) is 92.3 Å². The molecule has 1 saturated carbocycles. The summed E-state index contributed by atoms with van der Waals surface area (Å²) in [4.78, 5) is 28.0. The molecule has 1 fully saturated rings. The monoisotopic (exact) mass is 473 g/mol. The van der Waals surface area contributed by atoms with E-state index in [4.69, 9.17) is 11.6 Å². The minimum atomic E-state index is -0.162. The van der Waals surface area contributed by atoms with Crippen LogP contribution in [0.4, 0.5) is 11.4 Å². The van der Waals surface area contributed by atoms with E-state index in [2.05, 4.69) is 10.6 Å². The van der Waals surface area contributed by atoms with Gasteiger partial charge in [-0.1, -0.05) is 29.8 Å².